The van der Waals surface area contributed by atoms with Crippen LogP contribution in [0.25, 0.3) is 0 Å². The van der Waals surface area contributed by atoms with Crippen LogP contribution in [0.4, 0.5) is 4.79 Å². The van der Waals surface area contributed by atoms with Gasteiger partial charge in [0.15, 0.2) is 0 Å². The summed E-state index contributed by atoms with van der Waals surface area (Å²) in [6, 6.07) is 0.375. The molecule has 25 heavy (non-hydrogen) atoms. The summed E-state index contributed by atoms with van der Waals surface area (Å²) in [5, 5.41) is 0. The third kappa shape index (κ3) is 5.03. The van der Waals surface area contributed by atoms with Gasteiger partial charge in [0, 0.05) is 38.9 Å². The highest BCUT2D eigenvalue weighted by atomic mass is 16.6. The highest BCUT2D eigenvalue weighted by Gasteiger charge is 2.28. The van der Waals surface area contributed by atoms with Gasteiger partial charge in [-0.15, -0.1) is 0 Å². The zero-order valence-corrected chi connectivity index (χ0v) is 16.6. The van der Waals surface area contributed by atoms with Gasteiger partial charge in [0.25, 0.3) is 0 Å². The summed E-state index contributed by atoms with van der Waals surface area (Å²) >= 11 is 0. The number of likely N-dealkylation sites (N-methyl/N-ethyl adjacent to an activating group) is 1. The van der Waals surface area contributed by atoms with Crippen LogP contribution in [0.3, 0.4) is 0 Å². The van der Waals surface area contributed by atoms with Gasteiger partial charge in [0.1, 0.15) is 5.60 Å². The van der Waals surface area contributed by atoms with Crippen molar-refractivity contribution < 1.29 is 9.53 Å². The van der Waals surface area contributed by atoms with Crippen molar-refractivity contribution >= 4 is 6.09 Å². The number of nitrogens with zero attached hydrogens (tertiary/aromatic N) is 3. The summed E-state index contributed by atoms with van der Waals surface area (Å²) in [6.45, 7) is 13.1. The number of hydrogen-bond donors (Lipinski definition) is 0. The fourth-order valence-corrected chi connectivity index (χ4v) is 3.06. The normalized spacial score (nSPS) is 23.6. The molecule has 1 atom stereocenters. The first-order valence-electron chi connectivity index (χ1n) is 9.26. The molecule has 1 fully saturated rings. The maximum atomic E-state index is 12.3. The van der Waals surface area contributed by atoms with E-state index in [-0.39, 0.29) is 6.09 Å². The minimum atomic E-state index is -0.445. The summed E-state index contributed by atoms with van der Waals surface area (Å²) in [7, 11) is 2.11. The Kier molecular flexibility index (Phi) is 6.20. The van der Waals surface area contributed by atoms with Crippen LogP contribution in [0.2, 0.25) is 0 Å². The number of allylic oxidation sites excluding steroid dienone is 2. The Balaban J connectivity index is 2.08. The number of ether oxygens (including phenoxy) is 1. The Bertz CT molecular complexity index is 564. The van der Waals surface area contributed by atoms with E-state index in [1.54, 1.807) is 0 Å². The van der Waals surface area contributed by atoms with Gasteiger partial charge in [-0.05, 0) is 58.0 Å². The Morgan fingerprint density at radius 1 is 1.24 bits per heavy atom. The number of hydrogen-bond acceptors (Lipinski definition) is 4. The standard InChI is InChI=1S/C20H33N3O2/c1-7-8-9-18(17-10-11-21(6)16(17)2)22-12-14-23(15-13-22)19(24)25-20(3,4)5/h8-11,16H,7,12-15H2,1-6H3/b9-8-,18-17+. The van der Waals surface area contributed by atoms with E-state index in [2.05, 4.69) is 55.1 Å². The first-order valence-corrected chi connectivity index (χ1v) is 9.26. The molecule has 5 heteroatoms. The number of rotatable bonds is 3. The van der Waals surface area contributed by atoms with Gasteiger partial charge >= 0.3 is 6.09 Å². The molecule has 0 spiro atoms. The fraction of sp³-hybridized carbons (Fsp3) is 0.650. The van der Waals surface area contributed by atoms with Crippen molar-refractivity contribution in [2.75, 3.05) is 33.2 Å². The molecule has 1 unspecified atom stereocenters. The van der Waals surface area contributed by atoms with Crippen LogP contribution < -0.4 is 0 Å². The summed E-state index contributed by atoms with van der Waals surface area (Å²) in [5.41, 5.74) is 2.18. The Morgan fingerprint density at radius 2 is 1.84 bits per heavy atom. The molecular weight excluding hydrogens is 314 g/mol. The molecule has 140 valence electrons. The molecule has 0 radical (unpaired) electrons. The van der Waals surface area contributed by atoms with E-state index in [4.69, 9.17) is 4.74 Å². The van der Waals surface area contributed by atoms with Gasteiger partial charge in [-0.1, -0.05) is 13.0 Å². The highest BCUT2D eigenvalue weighted by molar-refractivity contribution is 5.68. The molecular formula is C20H33N3O2. The monoisotopic (exact) mass is 347 g/mol. The van der Waals surface area contributed by atoms with Crippen LogP contribution in [0, 0.1) is 0 Å². The van der Waals surface area contributed by atoms with Gasteiger partial charge in [0.05, 0.1) is 6.04 Å². The van der Waals surface area contributed by atoms with Crippen molar-refractivity contribution in [3.8, 4) is 0 Å². The lowest BCUT2D eigenvalue weighted by atomic mass is 10.1. The van der Waals surface area contributed by atoms with Crippen molar-refractivity contribution in [3.63, 3.8) is 0 Å². The van der Waals surface area contributed by atoms with E-state index in [1.165, 1.54) is 11.3 Å². The molecule has 2 aliphatic heterocycles. The Hall–Kier alpha value is -1.91. The van der Waals surface area contributed by atoms with E-state index in [1.807, 2.05) is 25.7 Å². The average Bonchev–Trinajstić information content (AvgIpc) is 2.87. The van der Waals surface area contributed by atoms with Crippen LogP contribution >= 0.6 is 0 Å². The van der Waals surface area contributed by atoms with E-state index >= 15 is 0 Å². The highest BCUT2D eigenvalue weighted by Crippen LogP contribution is 2.26. The van der Waals surface area contributed by atoms with E-state index in [9.17, 15) is 4.79 Å². The zero-order valence-electron chi connectivity index (χ0n) is 16.6. The van der Waals surface area contributed by atoms with Gasteiger partial charge in [-0.3, -0.25) is 0 Å². The Morgan fingerprint density at radius 3 is 2.32 bits per heavy atom. The summed E-state index contributed by atoms with van der Waals surface area (Å²) in [5.74, 6) is 0. The Labute approximate surface area is 152 Å². The minimum absolute atomic E-state index is 0.209. The lowest BCUT2D eigenvalue weighted by Gasteiger charge is -2.38. The van der Waals surface area contributed by atoms with Crippen LogP contribution in [0.5, 0.6) is 0 Å². The van der Waals surface area contributed by atoms with Gasteiger partial charge in [-0.2, -0.15) is 0 Å². The largest absolute Gasteiger partial charge is 0.444 e. The number of carbonyl (C=O) groups is 1. The predicted molar refractivity (Wildman–Crippen MR) is 102 cm³/mol. The maximum absolute atomic E-state index is 12.3. The van der Waals surface area contributed by atoms with E-state index < -0.39 is 5.60 Å². The van der Waals surface area contributed by atoms with Crippen molar-refractivity contribution in [2.24, 2.45) is 0 Å². The zero-order chi connectivity index (χ0) is 18.6. The van der Waals surface area contributed by atoms with Crippen molar-refractivity contribution in [3.05, 3.63) is 35.7 Å². The molecule has 1 saturated heterocycles. The fourth-order valence-electron chi connectivity index (χ4n) is 3.06. The van der Waals surface area contributed by atoms with Crippen LogP contribution in [-0.4, -0.2) is 65.7 Å². The first-order chi connectivity index (χ1) is 11.7. The molecule has 0 bridgehead atoms. The van der Waals surface area contributed by atoms with E-state index in [0.29, 0.717) is 19.1 Å². The second-order valence-corrected chi connectivity index (χ2v) is 7.76. The smallest absolute Gasteiger partial charge is 0.410 e. The molecule has 0 aromatic carbocycles. The topological polar surface area (TPSA) is 36.0 Å². The molecule has 0 aliphatic carbocycles. The number of piperazine rings is 1. The summed E-state index contributed by atoms with van der Waals surface area (Å²) in [6.07, 6.45) is 9.60. The molecule has 0 N–H and O–H groups in total. The molecule has 2 aliphatic rings. The molecule has 0 aromatic heterocycles. The molecule has 5 nitrogen and oxygen atoms in total. The van der Waals surface area contributed by atoms with Crippen molar-refractivity contribution in [1.82, 2.24) is 14.7 Å². The lowest BCUT2D eigenvalue weighted by Crippen LogP contribution is -2.49. The van der Waals surface area contributed by atoms with E-state index in [0.717, 1.165) is 19.5 Å². The van der Waals surface area contributed by atoms with Gasteiger partial charge in [-0.25, -0.2) is 4.79 Å². The molecule has 2 heterocycles. The van der Waals surface area contributed by atoms with Gasteiger partial charge < -0.3 is 19.4 Å². The second-order valence-electron chi connectivity index (χ2n) is 7.76. The van der Waals surface area contributed by atoms with Crippen molar-refractivity contribution in [2.45, 2.75) is 52.7 Å². The number of amides is 1. The second kappa shape index (κ2) is 7.98. The van der Waals surface area contributed by atoms with Crippen LogP contribution in [-0.2, 0) is 4.74 Å². The predicted octanol–water partition coefficient (Wildman–Crippen LogP) is 3.61. The van der Waals surface area contributed by atoms with Crippen LogP contribution in [0.15, 0.2) is 35.7 Å². The maximum Gasteiger partial charge on any atom is 0.410 e. The molecule has 1 amide bonds. The van der Waals surface area contributed by atoms with Gasteiger partial charge in [0.2, 0.25) is 0 Å². The SMILES string of the molecule is CC/C=C\C(=C1\C=CN(C)C1C)N1CCN(C(=O)OC(C)(C)C)CC1. The summed E-state index contributed by atoms with van der Waals surface area (Å²) in [4.78, 5) is 18.7. The average molecular weight is 348 g/mol. The number of carbonyl (C=O) groups excluding carboxylic acids is 1. The summed E-state index contributed by atoms with van der Waals surface area (Å²) < 4.78 is 5.49. The lowest BCUT2D eigenvalue weighted by molar-refractivity contribution is 0.0170. The quantitative estimate of drug-likeness (QED) is 0.781. The molecule has 2 rings (SSSR count). The molecule has 0 aromatic rings. The van der Waals surface area contributed by atoms with Crippen LogP contribution in [0.1, 0.15) is 41.0 Å². The third-order valence-electron chi connectivity index (χ3n) is 4.63. The van der Waals surface area contributed by atoms with Crippen molar-refractivity contribution in [1.29, 1.82) is 0 Å². The minimum Gasteiger partial charge on any atom is -0.444 e. The molecule has 0 saturated carbocycles. The third-order valence-corrected chi connectivity index (χ3v) is 4.63. The first kappa shape index (κ1) is 19.4.